The van der Waals surface area contributed by atoms with Crippen LogP contribution < -0.4 is 4.74 Å². The Balaban J connectivity index is 1.70. The van der Waals surface area contributed by atoms with Crippen molar-refractivity contribution >= 4 is 15.9 Å². The lowest BCUT2D eigenvalue weighted by Crippen LogP contribution is -2.54. The Morgan fingerprint density at radius 3 is 2.41 bits per heavy atom. The van der Waals surface area contributed by atoms with Crippen LogP contribution in [0, 0.1) is 0 Å². The van der Waals surface area contributed by atoms with E-state index in [1.165, 1.54) is 24.6 Å². The zero-order valence-corrected chi connectivity index (χ0v) is 17.9. The highest BCUT2D eigenvalue weighted by Gasteiger charge is 2.36. The number of ether oxygens (including phenoxy) is 3. The summed E-state index contributed by atoms with van der Waals surface area (Å²) in [5.74, 6) is 0.477. The molecule has 0 radical (unpaired) electrons. The zero-order valence-electron chi connectivity index (χ0n) is 17.1. The van der Waals surface area contributed by atoms with Crippen molar-refractivity contribution in [3.05, 3.63) is 24.3 Å². The third-order valence-corrected chi connectivity index (χ3v) is 7.53. The molecule has 2 aliphatic rings. The molecule has 2 fully saturated rings. The van der Waals surface area contributed by atoms with Crippen LogP contribution in [-0.4, -0.2) is 82.7 Å². The quantitative estimate of drug-likeness (QED) is 0.657. The second-order valence-corrected chi connectivity index (χ2v) is 9.33. The Labute approximate surface area is 172 Å². The van der Waals surface area contributed by atoms with Crippen molar-refractivity contribution in [1.82, 2.24) is 9.21 Å². The molecule has 9 heteroatoms. The van der Waals surface area contributed by atoms with E-state index in [1.54, 1.807) is 18.2 Å². The van der Waals surface area contributed by atoms with Gasteiger partial charge in [-0.3, -0.25) is 4.79 Å². The van der Waals surface area contributed by atoms with Gasteiger partial charge in [0.05, 0.1) is 12.0 Å². The van der Waals surface area contributed by atoms with Crippen LogP contribution in [0.1, 0.15) is 25.7 Å². The standard InChI is InChI=1S/C20H30N2O6S/c1-26-15-20(23)22(17-8-12-28-13-9-17)16-6-10-21(11-7-16)29(24,25)19-5-3-4-18(14-19)27-2/h3-5,14,16-17H,6-13,15H2,1-2H3. The molecule has 0 N–H and O–H groups in total. The van der Waals surface area contributed by atoms with Gasteiger partial charge >= 0.3 is 0 Å². The molecule has 162 valence electrons. The number of hydrogen-bond donors (Lipinski definition) is 0. The van der Waals surface area contributed by atoms with Crippen LogP contribution in [-0.2, 0) is 24.3 Å². The minimum atomic E-state index is -3.59. The van der Waals surface area contributed by atoms with Gasteiger partial charge < -0.3 is 19.1 Å². The zero-order chi connectivity index (χ0) is 20.9. The normalized spacial score (nSPS) is 19.8. The van der Waals surface area contributed by atoms with Gasteiger partial charge in [-0.05, 0) is 37.8 Å². The van der Waals surface area contributed by atoms with Crippen molar-refractivity contribution in [3.8, 4) is 5.75 Å². The van der Waals surface area contributed by atoms with Crippen LogP contribution in [0.15, 0.2) is 29.2 Å². The Bertz CT molecular complexity index is 786. The van der Waals surface area contributed by atoms with Gasteiger partial charge in [0, 0.05) is 51.6 Å². The summed E-state index contributed by atoms with van der Waals surface area (Å²) in [7, 11) is -0.564. The number of piperidine rings is 1. The molecule has 0 unspecified atom stereocenters. The van der Waals surface area contributed by atoms with E-state index in [1.807, 2.05) is 4.90 Å². The summed E-state index contributed by atoms with van der Waals surface area (Å²) in [4.78, 5) is 14.9. The van der Waals surface area contributed by atoms with E-state index in [-0.39, 0.29) is 29.5 Å². The van der Waals surface area contributed by atoms with Crippen molar-refractivity contribution < 1.29 is 27.4 Å². The molecular formula is C20H30N2O6S. The molecule has 0 atom stereocenters. The summed E-state index contributed by atoms with van der Waals surface area (Å²) in [6.07, 6.45) is 2.82. The van der Waals surface area contributed by atoms with E-state index in [4.69, 9.17) is 14.2 Å². The first-order valence-corrected chi connectivity index (χ1v) is 11.4. The largest absolute Gasteiger partial charge is 0.497 e. The predicted octanol–water partition coefficient (Wildman–Crippen LogP) is 1.50. The summed E-state index contributed by atoms with van der Waals surface area (Å²) < 4.78 is 43.2. The summed E-state index contributed by atoms with van der Waals surface area (Å²) in [6.45, 7) is 2.09. The SMILES string of the molecule is COCC(=O)N(C1CCOCC1)C1CCN(S(=O)(=O)c2cccc(OC)c2)CC1. The van der Waals surface area contributed by atoms with Crippen LogP contribution in [0.3, 0.4) is 0 Å². The van der Waals surface area contributed by atoms with Crippen molar-refractivity contribution in [2.45, 2.75) is 42.7 Å². The predicted molar refractivity (Wildman–Crippen MR) is 107 cm³/mol. The molecule has 8 nitrogen and oxygen atoms in total. The van der Waals surface area contributed by atoms with Gasteiger partial charge in [-0.15, -0.1) is 0 Å². The number of carbonyl (C=O) groups excluding carboxylic acids is 1. The molecule has 29 heavy (non-hydrogen) atoms. The maximum atomic E-state index is 13.0. The lowest BCUT2D eigenvalue weighted by molar-refractivity contribution is -0.143. The third-order valence-electron chi connectivity index (χ3n) is 5.64. The maximum absolute atomic E-state index is 13.0. The van der Waals surface area contributed by atoms with Crippen molar-refractivity contribution in [3.63, 3.8) is 0 Å². The summed E-state index contributed by atoms with van der Waals surface area (Å²) >= 11 is 0. The van der Waals surface area contributed by atoms with Crippen LogP contribution in [0.4, 0.5) is 0 Å². The van der Waals surface area contributed by atoms with Gasteiger partial charge in [0.1, 0.15) is 12.4 Å². The van der Waals surface area contributed by atoms with Gasteiger partial charge in [0.25, 0.3) is 0 Å². The first-order chi connectivity index (χ1) is 14.0. The van der Waals surface area contributed by atoms with Gasteiger partial charge in [-0.1, -0.05) is 6.07 Å². The Hall–Kier alpha value is -1.68. The van der Waals surface area contributed by atoms with E-state index in [2.05, 4.69) is 0 Å². The molecule has 3 rings (SSSR count). The third kappa shape index (κ3) is 5.09. The lowest BCUT2D eigenvalue weighted by atomic mass is 9.98. The van der Waals surface area contributed by atoms with E-state index in [0.29, 0.717) is 44.9 Å². The molecule has 0 spiro atoms. The number of benzene rings is 1. The Morgan fingerprint density at radius 2 is 1.79 bits per heavy atom. The molecule has 2 saturated heterocycles. The minimum absolute atomic E-state index is 0.0116. The van der Waals surface area contributed by atoms with E-state index in [9.17, 15) is 13.2 Å². The van der Waals surface area contributed by atoms with Gasteiger partial charge in [0.2, 0.25) is 15.9 Å². The molecule has 1 aromatic carbocycles. The number of amides is 1. The average molecular weight is 427 g/mol. The van der Waals surface area contributed by atoms with Crippen molar-refractivity contribution in [2.75, 3.05) is 47.1 Å². The molecule has 0 aromatic heterocycles. The highest BCUT2D eigenvalue weighted by Crippen LogP contribution is 2.28. The van der Waals surface area contributed by atoms with Gasteiger partial charge in [0.15, 0.2) is 0 Å². The smallest absolute Gasteiger partial charge is 0.249 e. The molecule has 2 aliphatic heterocycles. The fourth-order valence-electron chi connectivity index (χ4n) is 4.14. The Kier molecular flexibility index (Phi) is 7.50. The molecular weight excluding hydrogens is 396 g/mol. The highest BCUT2D eigenvalue weighted by atomic mass is 32.2. The van der Waals surface area contributed by atoms with E-state index in [0.717, 1.165) is 12.8 Å². The lowest BCUT2D eigenvalue weighted by Gasteiger charge is -2.43. The van der Waals surface area contributed by atoms with Crippen LogP contribution in [0.5, 0.6) is 5.75 Å². The first-order valence-electron chi connectivity index (χ1n) is 9.99. The monoisotopic (exact) mass is 426 g/mol. The molecule has 1 aromatic rings. The summed E-state index contributed by atoms with van der Waals surface area (Å²) in [5.41, 5.74) is 0. The summed E-state index contributed by atoms with van der Waals surface area (Å²) in [5, 5.41) is 0. The van der Waals surface area contributed by atoms with Crippen molar-refractivity contribution in [1.29, 1.82) is 0 Å². The number of sulfonamides is 1. The fourth-order valence-corrected chi connectivity index (χ4v) is 5.64. The number of carbonyl (C=O) groups is 1. The molecule has 1 amide bonds. The molecule has 0 bridgehead atoms. The second kappa shape index (κ2) is 9.88. The van der Waals surface area contributed by atoms with E-state index >= 15 is 0 Å². The number of hydrogen-bond acceptors (Lipinski definition) is 6. The topological polar surface area (TPSA) is 85.4 Å². The second-order valence-electron chi connectivity index (χ2n) is 7.39. The number of methoxy groups -OCH3 is 2. The number of nitrogens with zero attached hydrogens (tertiary/aromatic N) is 2. The van der Waals surface area contributed by atoms with E-state index < -0.39 is 10.0 Å². The minimum Gasteiger partial charge on any atom is -0.497 e. The van der Waals surface area contributed by atoms with Crippen molar-refractivity contribution in [2.24, 2.45) is 0 Å². The fraction of sp³-hybridized carbons (Fsp3) is 0.650. The van der Waals surface area contributed by atoms with Crippen LogP contribution >= 0.6 is 0 Å². The first kappa shape index (κ1) is 22.0. The van der Waals surface area contributed by atoms with Gasteiger partial charge in [-0.2, -0.15) is 4.31 Å². The average Bonchev–Trinajstić information content (AvgIpc) is 2.75. The van der Waals surface area contributed by atoms with Crippen LogP contribution in [0.2, 0.25) is 0 Å². The number of rotatable bonds is 7. The molecule has 0 saturated carbocycles. The highest BCUT2D eigenvalue weighted by molar-refractivity contribution is 7.89. The Morgan fingerprint density at radius 1 is 1.14 bits per heavy atom. The van der Waals surface area contributed by atoms with Gasteiger partial charge in [-0.25, -0.2) is 8.42 Å². The molecule has 2 heterocycles. The van der Waals surface area contributed by atoms with Crippen LogP contribution in [0.25, 0.3) is 0 Å². The maximum Gasteiger partial charge on any atom is 0.249 e. The molecule has 0 aliphatic carbocycles. The summed E-state index contributed by atoms with van der Waals surface area (Å²) in [6, 6.07) is 6.65.